The van der Waals surface area contributed by atoms with Crippen molar-refractivity contribution in [3.63, 3.8) is 0 Å². The predicted octanol–water partition coefficient (Wildman–Crippen LogP) is 3.75. The molecule has 0 spiro atoms. The van der Waals surface area contributed by atoms with Gasteiger partial charge in [-0.05, 0) is 71.1 Å². The van der Waals surface area contributed by atoms with Gasteiger partial charge in [-0.3, -0.25) is 9.80 Å². The van der Waals surface area contributed by atoms with Crippen LogP contribution in [0.5, 0.6) is 5.75 Å². The fourth-order valence-corrected chi connectivity index (χ4v) is 4.29. The van der Waals surface area contributed by atoms with Gasteiger partial charge in [-0.1, -0.05) is 12.1 Å². The van der Waals surface area contributed by atoms with Gasteiger partial charge in [-0.25, -0.2) is 0 Å². The van der Waals surface area contributed by atoms with Gasteiger partial charge in [0.2, 0.25) is 0 Å². The van der Waals surface area contributed by atoms with Crippen LogP contribution in [0.1, 0.15) is 37.8 Å². The van der Waals surface area contributed by atoms with Crippen molar-refractivity contribution < 1.29 is 17.9 Å². The molecular formula is C20H30F3N3O. The van der Waals surface area contributed by atoms with Crippen molar-refractivity contribution in [2.45, 2.75) is 50.7 Å². The van der Waals surface area contributed by atoms with E-state index in [4.69, 9.17) is 0 Å². The maximum Gasteiger partial charge on any atom is 0.573 e. The minimum atomic E-state index is -4.65. The molecule has 0 radical (unpaired) electrons. The highest BCUT2D eigenvalue weighted by Crippen LogP contribution is 2.30. The first-order valence-electron chi connectivity index (χ1n) is 9.73. The lowest BCUT2D eigenvalue weighted by Gasteiger charge is -2.36. The van der Waals surface area contributed by atoms with E-state index in [0.29, 0.717) is 12.1 Å². The van der Waals surface area contributed by atoms with Crippen molar-refractivity contribution in [1.29, 1.82) is 0 Å². The molecular weight excluding hydrogens is 355 g/mol. The molecule has 0 aromatic heterocycles. The van der Waals surface area contributed by atoms with Gasteiger partial charge in [-0.2, -0.15) is 0 Å². The molecule has 2 fully saturated rings. The van der Waals surface area contributed by atoms with E-state index in [1.54, 1.807) is 12.1 Å². The van der Waals surface area contributed by atoms with Crippen LogP contribution in [0.25, 0.3) is 0 Å². The predicted molar refractivity (Wildman–Crippen MR) is 99.8 cm³/mol. The summed E-state index contributed by atoms with van der Waals surface area (Å²) in [7, 11) is 4.30. The third kappa shape index (κ3) is 5.36. The highest BCUT2D eigenvalue weighted by Gasteiger charge is 2.34. The minimum Gasteiger partial charge on any atom is -0.406 e. The van der Waals surface area contributed by atoms with Crippen LogP contribution in [0.15, 0.2) is 24.3 Å². The molecule has 0 aliphatic carbocycles. The molecule has 2 atom stereocenters. The molecule has 2 saturated heterocycles. The highest BCUT2D eigenvalue weighted by molar-refractivity contribution is 5.29. The quantitative estimate of drug-likeness (QED) is 0.768. The Balaban J connectivity index is 1.55. The number of ether oxygens (including phenoxy) is 1. The van der Waals surface area contributed by atoms with Gasteiger partial charge >= 0.3 is 6.36 Å². The molecule has 1 aromatic rings. The van der Waals surface area contributed by atoms with Crippen molar-refractivity contribution in [3.05, 3.63) is 29.8 Å². The number of piperidine rings is 1. The van der Waals surface area contributed by atoms with E-state index in [0.717, 1.165) is 25.1 Å². The fourth-order valence-electron chi connectivity index (χ4n) is 4.29. The number of benzene rings is 1. The fraction of sp³-hybridized carbons (Fsp3) is 0.700. The van der Waals surface area contributed by atoms with Crippen LogP contribution >= 0.6 is 0 Å². The first kappa shape index (κ1) is 20.4. The first-order chi connectivity index (χ1) is 12.7. The summed E-state index contributed by atoms with van der Waals surface area (Å²) in [5.74, 6) is -0.171. The molecule has 0 N–H and O–H groups in total. The lowest BCUT2D eigenvalue weighted by Crippen LogP contribution is -2.44. The van der Waals surface area contributed by atoms with Crippen molar-refractivity contribution in [3.8, 4) is 5.75 Å². The average Bonchev–Trinajstić information content (AvgIpc) is 3.10. The third-order valence-corrected chi connectivity index (χ3v) is 6.18. The van der Waals surface area contributed by atoms with Crippen LogP contribution in [0.4, 0.5) is 13.2 Å². The van der Waals surface area contributed by atoms with Crippen molar-refractivity contribution in [2.75, 3.05) is 40.3 Å². The Hall–Kier alpha value is -1.31. The number of likely N-dealkylation sites (tertiary alicyclic amines) is 2. The Bertz CT molecular complexity index is 599. The van der Waals surface area contributed by atoms with E-state index in [1.807, 2.05) is 0 Å². The van der Waals surface area contributed by atoms with E-state index >= 15 is 0 Å². The second-order valence-corrected chi connectivity index (χ2v) is 7.93. The molecule has 2 aliphatic heterocycles. The Labute approximate surface area is 159 Å². The van der Waals surface area contributed by atoms with Gasteiger partial charge in [0.25, 0.3) is 0 Å². The average molecular weight is 385 g/mol. The van der Waals surface area contributed by atoms with E-state index in [9.17, 15) is 13.2 Å². The topological polar surface area (TPSA) is 19.0 Å². The zero-order valence-electron chi connectivity index (χ0n) is 16.4. The first-order valence-corrected chi connectivity index (χ1v) is 9.73. The lowest BCUT2D eigenvalue weighted by atomic mass is 10.0. The van der Waals surface area contributed by atoms with Gasteiger partial charge in [0.1, 0.15) is 5.75 Å². The number of alkyl halides is 3. The second-order valence-electron chi connectivity index (χ2n) is 7.93. The van der Waals surface area contributed by atoms with Gasteiger partial charge < -0.3 is 9.64 Å². The van der Waals surface area contributed by atoms with Crippen molar-refractivity contribution in [1.82, 2.24) is 14.7 Å². The standard InChI is InChI=1S/C20H30F3N3O/c1-15(16-4-6-19(7-5-16)27-20(21,22)23)25(3)18-10-13-26(14-18)17-8-11-24(2)12-9-17/h4-7,15,17-18H,8-14H2,1-3H3/t15-,18-/m1/s1. The Kier molecular flexibility index (Phi) is 6.33. The monoisotopic (exact) mass is 385 g/mol. The third-order valence-electron chi connectivity index (χ3n) is 6.18. The Morgan fingerprint density at radius 2 is 1.70 bits per heavy atom. The maximum atomic E-state index is 12.3. The number of halogens is 3. The van der Waals surface area contributed by atoms with Crippen LogP contribution in [-0.2, 0) is 0 Å². The lowest BCUT2D eigenvalue weighted by molar-refractivity contribution is -0.274. The number of nitrogens with zero attached hydrogens (tertiary/aromatic N) is 3. The summed E-state index contributed by atoms with van der Waals surface area (Å²) in [4.78, 5) is 7.38. The van der Waals surface area contributed by atoms with Gasteiger partial charge in [0, 0.05) is 31.2 Å². The SMILES string of the molecule is C[C@H](c1ccc(OC(F)(F)F)cc1)N(C)[C@@H]1CCN(C2CCN(C)CC2)C1. The molecule has 0 bridgehead atoms. The largest absolute Gasteiger partial charge is 0.573 e. The molecule has 1 aromatic carbocycles. The molecule has 0 unspecified atom stereocenters. The summed E-state index contributed by atoms with van der Waals surface area (Å²) in [5, 5.41) is 0. The maximum absolute atomic E-state index is 12.3. The summed E-state index contributed by atoms with van der Waals surface area (Å²) in [6, 6.07) is 7.56. The number of hydrogen-bond donors (Lipinski definition) is 0. The van der Waals surface area contributed by atoms with Gasteiger partial charge in [-0.15, -0.1) is 13.2 Å². The van der Waals surface area contributed by atoms with Crippen molar-refractivity contribution in [2.24, 2.45) is 0 Å². The molecule has 2 heterocycles. The van der Waals surface area contributed by atoms with Crippen molar-refractivity contribution >= 4 is 0 Å². The van der Waals surface area contributed by atoms with E-state index in [1.165, 1.54) is 38.1 Å². The number of rotatable bonds is 5. The second kappa shape index (κ2) is 8.37. The van der Waals surface area contributed by atoms with E-state index < -0.39 is 6.36 Å². The van der Waals surface area contributed by atoms with Crippen LogP contribution in [0.3, 0.4) is 0 Å². The summed E-state index contributed by atoms with van der Waals surface area (Å²) in [6.45, 7) is 6.66. The van der Waals surface area contributed by atoms with Gasteiger partial charge in [0.15, 0.2) is 0 Å². The molecule has 4 nitrogen and oxygen atoms in total. The minimum absolute atomic E-state index is 0.146. The van der Waals surface area contributed by atoms with Crippen LogP contribution in [0.2, 0.25) is 0 Å². The Morgan fingerprint density at radius 3 is 2.30 bits per heavy atom. The Morgan fingerprint density at radius 1 is 1.07 bits per heavy atom. The molecule has 27 heavy (non-hydrogen) atoms. The molecule has 3 rings (SSSR count). The van der Waals surface area contributed by atoms with Crippen LogP contribution < -0.4 is 4.74 Å². The van der Waals surface area contributed by atoms with Crippen LogP contribution in [-0.4, -0.2) is 73.4 Å². The van der Waals surface area contributed by atoms with E-state index in [2.05, 4.69) is 40.5 Å². The summed E-state index contributed by atoms with van der Waals surface area (Å²) < 4.78 is 40.9. The molecule has 2 aliphatic rings. The van der Waals surface area contributed by atoms with Crippen LogP contribution in [0, 0.1) is 0 Å². The smallest absolute Gasteiger partial charge is 0.406 e. The normalized spacial score (nSPS) is 24.5. The molecule has 152 valence electrons. The van der Waals surface area contributed by atoms with E-state index in [-0.39, 0.29) is 11.8 Å². The molecule has 7 heteroatoms. The zero-order valence-corrected chi connectivity index (χ0v) is 16.4. The molecule has 0 amide bonds. The molecule has 0 saturated carbocycles. The highest BCUT2D eigenvalue weighted by atomic mass is 19.4. The summed E-state index contributed by atoms with van der Waals surface area (Å²) in [6.07, 6.45) is -1.03. The number of hydrogen-bond acceptors (Lipinski definition) is 4. The summed E-state index contributed by atoms with van der Waals surface area (Å²) in [5.41, 5.74) is 1.00. The summed E-state index contributed by atoms with van der Waals surface area (Å²) >= 11 is 0. The van der Waals surface area contributed by atoms with Gasteiger partial charge in [0.05, 0.1) is 0 Å². The zero-order chi connectivity index (χ0) is 19.6. The number of likely N-dealkylation sites (N-methyl/N-ethyl adjacent to an activating group) is 1.